The van der Waals surface area contributed by atoms with Crippen molar-refractivity contribution in [3.05, 3.63) is 47.5 Å². The summed E-state index contributed by atoms with van der Waals surface area (Å²) in [6, 6.07) is 9.97. The Hall–Kier alpha value is -2.62. The molecule has 0 aliphatic carbocycles. The van der Waals surface area contributed by atoms with Gasteiger partial charge in [0.2, 0.25) is 0 Å². The van der Waals surface area contributed by atoms with Crippen LogP contribution in [0.1, 0.15) is 11.1 Å². The van der Waals surface area contributed by atoms with E-state index in [9.17, 15) is 10.2 Å². The molecule has 0 saturated carbocycles. The number of rotatable bonds is 4. The normalized spacial score (nSPS) is 10.7. The van der Waals surface area contributed by atoms with Crippen LogP contribution in [0.4, 0.5) is 0 Å². The molecule has 0 heterocycles. The predicted octanol–water partition coefficient (Wildman–Crippen LogP) is 3.29. The number of phenols is 2. The van der Waals surface area contributed by atoms with Crippen molar-refractivity contribution in [2.45, 2.75) is 0 Å². The van der Waals surface area contributed by atoms with Gasteiger partial charge in [-0.15, -0.1) is 0 Å². The van der Waals surface area contributed by atoms with E-state index in [0.29, 0.717) is 17.1 Å². The van der Waals surface area contributed by atoms with Gasteiger partial charge < -0.3 is 19.7 Å². The molecule has 0 fully saturated rings. The second-order valence-corrected chi connectivity index (χ2v) is 4.23. The molecule has 4 nitrogen and oxygen atoms in total. The highest BCUT2D eigenvalue weighted by atomic mass is 16.5. The van der Waals surface area contributed by atoms with E-state index in [0.717, 1.165) is 5.56 Å². The highest BCUT2D eigenvalue weighted by Gasteiger charge is 2.02. The summed E-state index contributed by atoms with van der Waals surface area (Å²) < 4.78 is 10.4. The summed E-state index contributed by atoms with van der Waals surface area (Å²) in [5, 5.41) is 18.8. The standard InChI is InChI=1S/C16H16O4/c1-19-15-6-5-11(9-16(15)20-2)3-4-12-7-13(17)10-14(18)8-12/h3-10,17-18H,1-2H3/b4-3-. The van der Waals surface area contributed by atoms with Crippen molar-refractivity contribution in [3.63, 3.8) is 0 Å². The number of phenolic OH excluding ortho intramolecular Hbond substituents is 2. The van der Waals surface area contributed by atoms with Crippen molar-refractivity contribution < 1.29 is 19.7 Å². The molecule has 0 unspecified atom stereocenters. The van der Waals surface area contributed by atoms with Crippen LogP contribution in [-0.4, -0.2) is 24.4 Å². The highest BCUT2D eigenvalue weighted by Crippen LogP contribution is 2.28. The predicted molar refractivity (Wildman–Crippen MR) is 78.2 cm³/mol. The fourth-order valence-electron chi connectivity index (χ4n) is 1.86. The highest BCUT2D eigenvalue weighted by molar-refractivity contribution is 5.72. The van der Waals surface area contributed by atoms with Gasteiger partial charge in [-0.25, -0.2) is 0 Å². The van der Waals surface area contributed by atoms with E-state index < -0.39 is 0 Å². The van der Waals surface area contributed by atoms with Crippen molar-refractivity contribution >= 4 is 12.2 Å². The monoisotopic (exact) mass is 272 g/mol. The molecule has 2 aromatic rings. The van der Waals surface area contributed by atoms with Crippen LogP contribution < -0.4 is 9.47 Å². The molecule has 0 bridgehead atoms. The molecule has 0 aliphatic heterocycles. The molecule has 0 spiro atoms. The largest absolute Gasteiger partial charge is 0.508 e. The number of methoxy groups -OCH3 is 2. The second kappa shape index (κ2) is 6.02. The average Bonchev–Trinajstić information content (AvgIpc) is 2.43. The Morgan fingerprint density at radius 2 is 1.35 bits per heavy atom. The lowest BCUT2D eigenvalue weighted by Crippen LogP contribution is -1.90. The summed E-state index contributed by atoms with van der Waals surface area (Å²) >= 11 is 0. The Labute approximate surface area is 117 Å². The Kier molecular flexibility index (Phi) is 4.15. The van der Waals surface area contributed by atoms with Crippen molar-refractivity contribution in [1.82, 2.24) is 0 Å². The van der Waals surface area contributed by atoms with Crippen molar-refractivity contribution in [1.29, 1.82) is 0 Å². The van der Waals surface area contributed by atoms with Crippen LogP contribution in [0.15, 0.2) is 36.4 Å². The van der Waals surface area contributed by atoms with Crippen LogP contribution >= 0.6 is 0 Å². The Balaban J connectivity index is 2.27. The maximum Gasteiger partial charge on any atom is 0.161 e. The molecule has 20 heavy (non-hydrogen) atoms. The van der Waals surface area contributed by atoms with E-state index in [4.69, 9.17) is 9.47 Å². The average molecular weight is 272 g/mol. The Morgan fingerprint density at radius 1 is 0.750 bits per heavy atom. The van der Waals surface area contributed by atoms with Crippen LogP contribution in [-0.2, 0) is 0 Å². The van der Waals surface area contributed by atoms with Gasteiger partial charge in [-0.2, -0.15) is 0 Å². The summed E-state index contributed by atoms with van der Waals surface area (Å²) in [5.74, 6) is 1.36. The van der Waals surface area contributed by atoms with E-state index >= 15 is 0 Å². The molecule has 0 aromatic heterocycles. The first-order chi connectivity index (χ1) is 9.62. The Bertz CT molecular complexity index is 612. The van der Waals surface area contributed by atoms with Crippen LogP contribution in [0, 0.1) is 0 Å². The number of ether oxygens (including phenoxy) is 2. The molecule has 0 amide bonds. The van der Waals surface area contributed by atoms with Crippen LogP contribution in [0.2, 0.25) is 0 Å². The Morgan fingerprint density at radius 3 is 1.95 bits per heavy atom. The first-order valence-electron chi connectivity index (χ1n) is 6.05. The maximum absolute atomic E-state index is 9.41. The molecule has 104 valence electrons. The lowest BCUT2D eigenvalue weighted by atomic mass is 10.1. The minimum atomic E-state index is 0.0250. The smallest absolute Gasteiger partial charge is 0.161 e. The summed E-state index contributed by atoms with van der Waals surface area (Å²) in [5.41, 5.74) is 1.63. The van der Waals surface area contributed by atoms with Gasteiger partial charge >= 0.3 is 0 Å². The molecule has 2 N–H and O–H groups in total. The quantitative estimate of drug-likeness (QED) is 0.838. The lowest BCUT2D eigenvalue weighted by molar-refractivity contribution is 0.355. The van der Waals surface area contributed by atoms with Gasteiger partial charge in [-0.1, -0.05) is 18.2 Å². The van der Waals surface area contributed by atoms with Gasteiger partial charge in [0.05, 0.1) is 14.2 Å². The van der Waals surface area contributed by atoms with Crippen molar-refractivity contribution in [2.24, 2.45) is 0 Å². The molecule has 0 radical (unpaired) electrons. The maximum atomic E-state index is 9.41. The minimum absolute atomic E-state index is 0.0250. The molecule has 2 rings (SSSR count). The molecule has 4 heteroatoms. The fourth-order valence-corrected chi connectivity index (χ4v) is 1.86. The zero-order valence-corrected chi connectivity index (χ0v) is 11.3. The second-order valence-electron chi connectivity index (χ2n) is 4.23. The van der Waals surface area contributed by atoms with Gasteiger partial charge in [0.15, 0.2) is 11.5 Å². The number of benzene rings is 2. The van der Waals surface area contributed by atoms with Crippen LogP contribution in [0.3, 0.4) is 0 Å². The third-order valence-electron chi connectivity index (χ3n) is 2.80. The number of hydrogen-bond acceptors (Lipinski definition) is 4. The third-order valence-corrected chi connectivity index (χ3v) is 2.80. The molecule has 0 atom stereocenters. The number of aromatic hydroxyl groups is 2. The van der Waals surface area contributed by atoms with Gasteiger partial charge in [-0.3, -0.25) is 0 Å². The lowest BCUT2D eigenvalue weighted by Gasteiger charge is -2.07. The van der Waals surface area contributed by atoms with Crippen LogP contribution in [0.25, 0.3) is 12.2 Å². The fraction of sp³-hybridized carbons (Fsp3) is 0.125. The molecular weight excluding hydrogens is 256 g/mol. The third kappa shape index (κ3) is 3.23. The van der Waals surface area contributed by atoms with E-state index in [2.05, 4.69) is 0 Å². The van der Waals surface area contributed by atoms with Crippen LogP contribution in [0.5, 0.6) is 23.0 Å². The number of hydrogen-bond donors (Lipinski definition) is 2. The zero-order valence-electron chi connectivity index (χ0n) is 11.3. The van der Waals surface area contributed by atoms with E-state index in [1.54, 1.807) is 32.4 Å². The topological polar surface area (TPSA) is 58.9 Å². The molecule has 0 saturated heterocycles. The zero-order chi connectivity index (χ0) is 14.5. The van der Waals surface area contributed by atoms with Crippen molar-refractivity contribution in [2.75, 3.05) is 14.2 Å². The van der Waals surface area contributed by atoms with Gasteiger partial charge in [0, 0.05) is 6.07 Å². The summed E-state index contributed by atoms with van der Waals surface area (Å²) in [6.45, 7) is 0. The van der Waals surface area contributed by atoms with E-state index in [1.807, 2.05) is 24.3 Å². The van der Waals surface area contributed by atoms with Crippen molar-refractivity contribution in [3.8, 4) is 23.0 Å². The van der Waals surface area contributed by atoms with Gasteiger partial charge in [0.25, 0.3) is 0 Å². The van der Waals surface area contributed by atoms with E-state index in [-0.39, 0.29) is 11.5 Å². The summed E-state index contributed by atoms with van der Waals surface area (Å²) in [6.07, 6.45) is 3.65. The van der Waals surface area contributed by atoms with Gasteiger partial charge in [-0.05, 0) is 35.4 Å². The molecule has 2 aromatic carbocycles. The minimum Gasteiger partial charge on any atom is -0.508 e. The molecular formula is C16H16O4. The molecule has 0 aliphatic rings. The SMILES string of the molecule is COc1ccc(/C=C\c2cc(O)cc(O)c2)cc1OC. The van der Waals surface area contributed by atoms with E-state index in [1.165, 1.54) is 6.07 Å². The first-order valence-corrected chi connectivity index (χ1v) is 6.05. The first kappa shape index (κ1) is 13.8. The summed E-state index contributed by atoms with van der Waals surface area (Å²) in [4.78, 5) is 0. The summed E-state index contributed by atoms with van der Waals surface area (Å²) in [7, 11) is 3.17. The van der Waals surface area contributed by atoms with Gasteiger partial charge in [0.1, 0.15) is 11.5 Å².